The summed E-state index contributed by atoms with van der Waals surface area (Å²) in [7, 11) is 4.11. The third kappa shape index (κ3) is 4.02. The fourth-order valence-electron chi connectivity index (χ4n) is 2.58. The smallest absolute Gasteiger partial charge is 0.0953 e. The number of rotatable bonds is 3. The van der Waals surface area contributed by atoms with Crippen molar-refractivity contribution < 1.29 is 5.11 Å². The molecule has 0 saturated carbocycles. The predicted molar refractivity (Wildman–Crippen MR) is 86.6 cm³/mol. The van der Waals surface area contributed by atoms with Gasteiger partial charge in [0.25, 0.3) is 0 Å². The lowest BCUT2D eigenvalue weighted by atomic mass is 9.79. The quantitative estimate of drug-likeness (QED) is 0.924. The van der Waals surface area contributed by atoms with Crippen LogP contribution in [-0.4, -0.2) is 42.2 Å². The van der Waals surface area contributed by atoms with Crippen LogP contribution in [0.3, 0.4) is 0 Å². The molecular formula is C14H21Cl2NOS. The highest BCUT2D eigenvalue weighted by Gasteiger charge is 2.40. The van der Waals surface area contributed by atoms with Gasteiger partial charge < -0.3 is 10.0 Å². The van der Waals surface area contributed by atoms with Crippen molar-refractivity contribution in [3.05, 3.63) is 34.9 Å². The Labute approximate surface area is 130 Å². The van der Waals surface area contributed by atoms with Crippen molar-refractivity contribution >= 4 is 35.8 Å². The van der Waals surface area contributed by atoms with E-state index in [0.717, 1.165) is 30.0 Å². The zero-order chi connectivity index (χ0) is 13.2. The summed E-state index contributed by atoms with van der Waals surface area (Å²) in [5, 5.41) is 11.8. The Morgan fingerprint density at radius 2 is 2.21 bits per heavy atom. The van der Waals surface area contributed by atoms with Gasteiger partial charge in [0.05, 0.1) is 5.60 Å². The van der Waals surface area contributed by atoms with E-state index in [1.54, 1.807) is 0 Å². The van der Waals surface area contributed by atoms with Gasteiger partial charge in [-0.2, -0.15) is 11.8 Å². The summed E-state index contributed by atoms with van der Waals surface area (Å²) < 4.78 is 0. The minimum Gasteiger partial charge on any atom is -0.385 e. The molecule has 108 valence electrons. The highest BCUT2D eigenvalue weighted by atomic mass is 35.5. The molecule has 0 aliphatic carbocycles. The van der Waals surface area contributed by atoms with Crippen molar-refractivity contribution in [1.29, 1.82) is 0 Å². The van der Waals surface area contributed by atoms with Gasteiger partial charge in [0.1, 0.15) is 0 Å². The van der Waals surface area contributed by atoms with Gasteiger partial charge in [-0.25, -0.2) is 0 Å². The fraction of sp³-hybridized carbons (Fsp3) is 0.571. The monoisotopic (exact) mass is 321 g/mol. The van der Waals surface area contributed by atoms with E-state index in [0.29, 0.717) is 5.02 Å². The molecular weight excluding hydrogens is 301 g/mol. The first kappa shape index (κ1) is 17.1. The number of halogens is 2. The van der Waals surface area contributed by atoms with E-state index in [2.05, 4.69) is 19.0 Å². The highest BCUT2D eigenvalue weighted by molar-refractivity contribution is 7.99. The topological polar surface area (TPSA) is 23.5 Å². The Morgan fingerprint density at radius 3 is 2.84 bits per heavy atom. The lowest BCUT2D eigenvalue weighted by Gasteiger charge is -2.41. The molecule has 1 heterocycles. The molecule has 1 saturated heterocycles. The molecule has 0 aromatic heterocycles. The lowest BCUT2D eigenvalue weighted by molar-refractivity contribution is -0.0293. The van der Waals surface area contributed by atoms with Crippen LogP contribution in [0, 0.1) is 5.92 Å². The largest absolute Gasteiger partial charge is 0.385 e. The first-order valence-electron chi connectivity index (χ1n) is 6.23. The molecule has 1 aliphatic heterocycles. The minimum atomic E-state index is -0.736. The Balaban J connectivity index is 0.00000180. The third-order valence-corrected chi connectivity index (χ3v) is 4.90. The molecule has 1 fully saturated rings. The number of hydrogen-bond acceptors (Lipinski definition) is 3. The van der Waals surface area contributed by atoms with Gasteiger partial charge in [0.15, 0.2) is 0 Å². The molecule has 0 radical (unpaired) electrons. The van der Waals surface area contributed by atoms with Crippen LogP contribution < -0.4 is 0 Å². The number of benzene rings is 1. The first-order valence-corrected chi connectivity index (χ1v) is 7.76. The maximum atomic E-state index is 11.1. The van der Waals surface area contributed by atoms with E-state index in [1.165, 1.54) is 0 Å². The minimum absolute atomic E-state index is 0. The molecule has 19 heavy (non-hydrogen) atoms. The molecule has 1 N–H and O–H groups in total. The van der Waals surface area contributed by atoms with Crippen molar-refractivity contribution in [2.24, 2.45) is 5.92 Å². The number of thioether (sulfide) groups is 1. The van der Waals surface area contributed by atoms with Gasteiger partial charge in [-0.3, -0.25) is 0 Å². The van der Waals surface area contributed by atoms with E-state index >= 15 is 0 Å². The van der Waals surface area contributed by atoms with Crippen LogP contribution in [0.25, 0.3) is 0 Å². The van der Waals surface area contributed by atoms with Gasteiger partial charge in [-0.15, -0.1) is 12.4 Å². The average Bonchev–Trinajstić information content (AvgIpc) is 2.32. The van der Waals surface area contributed by atoms with E-state index < -0.39 is 5.60 Å². The van der Waals surface area contributed by atoms with E-state index in [-0.39, 0.29) is 18.3 Å². The number of hydrogen-bond donors (Lipinski definition) is 1. The maximum Gasteiger partial charge on any atom is 0.0953 e. The molecule has 2 nitrogen and oxygen atoms in total. The van der Waals surface area contributed by atoms with Gasteiger partial charge in [0.2, 0.25) is 0 Å². The zero-order valence-corrected chi connectivity index (χ0v) is 13.7. The van der Waals surface area contributed by atoms with E-state index in [9.17, 15) is 5.11 Å². The maximum absolute atomic E-state index is 11.1. The predicted octanol–water partition coefficient (Wildman–Crippen LogP) is 3.26. The van der Waals surface area contributed by atoms with Crippen LogP contribution in [0.2, 0.25) is 5.02 Å². The molecule has 1 aromatic rings. The summed E-state index contributed by atoms with van der Waals surface area (Å²) in [6.45, 7) is 0.899. The van der Waals surface area contributed by atoms with Gasteiger partial charge >= 0.3 is 0 Å². The van der Waals surface area contributed by atoms with Crippen LogP contribution in [0.1, 0.15) is 12.0 Å². The number of aliphatic hydroxyl groups is 1. The Kier molecular flexibility index (Phi) is 6.48. The molecule has 2 unspecified atom stereocenters. The molecule has 2 atom stereocenters. The van der Waals surface area contributed by atoms with E-state index in [1.807, 2.05) is 36.0 Å². The van der Waals surface area contributed by atoms with Crippen molar-refractivity contribution in [3.63, 3.8) is 0 Å². The van der Waals surface area contributed by atoms with Crippen molar-refractivity contribution in [1.82, 2.24) is 4.90 Å². The third-order valence-electron chi connectivity index (χ3n) is 3.53. The Morgan fingerprint density at radius 1 is 1.47 bits per heavy atom. The molecule has 2 rings (SSSR count). The summed E-state index contributed by atoms with van der Waals surface area (Å²) in [5.74, 6) is 2.26. The van der Waals surface area contributed by atoms with Crippen LogP contribution in [0.15, 0.2) is 24.3 Å². The second-order valence-electron chi connectivity index (χ2n) is 5.22. The average molecular weight is 322 g/mol. The standard InChI is InChI=1S/C14H20ClNOS.ClH/c1-16(2)9-12-10-18-7-6-14(12,17)11-4-3-5-13(15)8-11;/h3-5,8,12,17H,6-7,9-10H2,1-2H3;1H. The van der Waals surface area contributed by atoms with Crippen LogP contribution >= 0.6 is 35.8 Å². The molecule has 0 amide bonds. The zero-order valence-electron chi connectivity index (χ0n) is 11.3. The highest BCUT2D eigenvalue weighted by Crippen LogP contribution is 2.41. The summed E-state index contributed by atoms with van der Waals surface area (Å²) in [6.07, 6.45) is 0.802. The van der Waals surface area contributed by atoms with Crippen molar-refractivity contribution in [2.75, 3.05) is 32.1 Å². The van der Waals surface area contributed by atoms with Crippen LogP contribution in [-0.2, 0) is 5.60 Å². The fourth-order valence-corrected chi connectivity index (χ4v) is 4.06. The molecule has 0 bridgehead atoms. The summed E-state index contributed by atoms with van der Waals surface area (Å²) in [4.78, 5) is 2.14. The first-order chi connectivity index (χ1) is 8.52. The van der Waals surface area contributed by atoms with Gasteiger partial charge in [-0.1, -0.05) is 23.7 Å². The second-order valence-corrected chi connectivity index (χ2v) is 6.80. The van der Waals surface area contributed by atoms with Gasteiger partial charge in [0, 0.05) is 23.2 Å². The molecule has 0 spiro atoms. The second kappa shape index (κ2) is 7.19. The van der Waals surface area contributed by atoms with E-state index in [4.69, 9.17) is 11.6 Å². The van der Waals surface area contributed by atoms with Crippen LogP contribution in [0.5, 0.6) is 0 Å². The number of nitrogens with zero attached hydrogens (tertiary/aromatic N) is 1. The lowest BCUT2D eigenvalue weighted by Crippen LogP contribution is -2.45. The van der Waals surface area contributed by atoms with Crippen LogP contribution in [0.4, 0.5) is 0 Å². The molecule has 1 aliphatic rings. The Bertz CT molecular complexity index is 416. The summed E-state index contributed by atoms with van der Waals surface area (Å²) >= 11 is 7.98. The van der Waals surface area contributed by atoms with Crippen molar-refractivity contribution in [3.8, 4) is 0 Å². The molecule has 1 aromatic carbocycles. The Hall–Kier alpha value is 0.0700. The van der Waals surface area contributed by atoms with Crippen molar-refractivity contribution in [2.45, 2.75) is 12.0 Å². The summed E-state index contributed by atoms with van der Waals surface area (Å²) in [6, 6.07) is 7.67. The normalized spacial score (nSPS) is 27.1. The van der Waals surface area contributed by atoms with Gasteiger partial charge in [-0.05, 0) is 44.0 Å². The summed E-state index contributed by atoms with van der Waals surface area (Å²) in [5.41, 5.74) is 0.225. The molecule has 5 heteroatoms. The SMILES string of the molecule is CN(C)CC1CSCCC1(O)c1cccc(Cl)c1.Cl.